The summed E-state index contributed by atoms with van der Waals surface area (Å²) in [5, 5.41) is 2.40. The first-order valence-electron chi connectivity index (χ1n) is 14.2. The summed E-state index contributed by atoms with van der Waals surface area (Å²) in [5.74, 6) is 0.929. The number of hydrogen-bond donors (Lipinski definition) is 0. The van der Waals surface area contributed by atoms with Crippen molar-refractivity contribution in [3.05, 3.63) is 157 Å². The van der Waals surface area contributed by atoms with Crippen molar-refractivity contribution in [2.75, 3.05) is 0 Å². The van der Waals surface area contributed by atoms with E-state index in [2.05, 4.69) is 140 Å². The zero-order valence-electron chi connectivity index (χ0n) is 23.6. The maximum Gasteiger partial charge on any atom is 0.145 e. The zero-order chi connectivity index (χ0) is 28.6. The van der Waals surface area contributed by atoms with E-state index < -0.39 is 0 Å². The maximum atomic E-state index is 5.01. The molecule has 6 aromatic carbocycles. The minimum atomic E-state index is 0.929. The largest absolute Gasteiger partial charge is 0.292 e. The number of hydrogen-bond acceptors (Lipinski definition) is 1. The molecule has 0 atom stereocenters. The lowest BCUT2D eigenvalue weighted by Crippen LogP contribution is -1.99. The highest BCUT2D eigenvalue weighted by Crippen LogP contribution is 2.43. The molecule has 42 heavy (non-hydrogen) atoms. The average Bonchev–Trinajstić information content (AvgIpc) is 3.44. The Morgan fingerprint density at radius 3 is 1.67 bits per heavy atom. The van der Waals surface area contributed by atoms with Gasteiger partial charge in [0.1, 0.15) is 5.82 Å². The van der Waals surface area contributed by atoms with E-state index in [1.807, 2.05) is 24.3 Å². The van der Waals surface area contributed by atoms with E-state index in [0.29, 0.717) is 0 Å². The van der Waals surface area contributed by atoms with Gasteiger partial charge < -0.3 is 0 Å². The van der Waals surface area contributed by atoms with Crippen LogP contribution in [0.2, 0.25) is 0 Å². The third-order valence-corrected chi connectivity index (χ3v) is 8.05. The van der Waals surface area contributed by atoms with Gasteiger partial charge >= 0.3 is 0 Å². The molecule has 0 saturated carbocycles. The van der Waals surface area contributed by atoms with E-state index in [-0.39, 0.29) is 0 Å². The molecule has 0 spiro atoms. The normalized spacial score (nSPS) is 11.2. The molecule has 0 bridgehead atoms. The second-order valence-corrected chi connectivity index (χ2v) is 10.6. The quantitative estimate of drug-likeness (QED) is 0.206. The standard InChI is InChI=1S/C40H30N2/c1-4-32-33(5-2)39(35-16-10-9-15-34(35)38(32)28-21-19-27(3)20-22-28)29-23-25-31(26-24-29)42-37-18-12-11-17-36(37)41-40(42)30-13-7-6-8-14-30/h4-26H,1-2H2,3H3. The number of rotatable bonds is 6. The van der Waals surface area contributed by atoms with Crippen LogP contribution in [-0.4, -0.2) is 9.55 Å². The van der Waals surface area contributed by atoms with Crippen LogP contribution in [0.25, 0.3) is 73.3 Å². The zero-order valence-corrected chi connectivity index (χ0v) is 23.6. The molecule has 0 N–H and O–H groups in total. The van der Waals surface area contributed by atoms with Crippen LogP contribution in [0.4, 0.5) is 0 Å². The van der Waals surface area contributed by atoms with Crippen molar-refractivity contribution in [1.29, 1.82) is 0 Å². The summed E-state index contributed by atoms with van der Waals surface area (Å²) in [5.41, 5.74) is 12.3. The summed E-state index contributed by atoms with van der Waals surface area (Å²) in [6.07, 6.45) is 3.95. The van der Waals surface area contributed by atoms with Crippen molar-refractivity contribution in [2.45, 2.75) is 6.92 Å². The highest BCUT2D eigenvalue weighted by Gasteiger charge is 2.19. The maximum absolute atomic E-state index is 5.01. The number of nitrogens with zero attached hydrogens (tertiary/aromatic N) is 2. The topological polar surface area (TPSA) is 17.8 Å². The van der Waals surface area contributed by atoms with Crippen LogP contribution in [0, 0.1) is 6.92 Å². The van der Waals surface area contributed by atoms with Crippen molar-refractivity contribution >= 4 is 34.0 Å². The van der Waals surface area contributed by atoms with E-state index in [9.17, 15) is 0 Å². The minimum absolute atomic E-state index is 0.929. The lowest BCUT2D eigenvalue weighted by atomic mass is 9.83. The van der Waals surface area contributed by atoms with Gasteiger partial charge in [-0.1, -0.05) is 134 Å². The molecule has 1 heterocycles. The van der Waals surface area contributed by atoms with Crippen LogP contribution in [0.15, 0.2) is 141 Å². The molecule has 0 unspecified atom stereocenters. The summed E-state index contributed by atoms with van der Waals surface area (Å²) >= 11 is 0. The van der Waals surface area contributed by atoms with Gasteiger partial charge in [0.25, 0.3) is 0 Å². The molecule has 2 nitrogen and oxygen atoms in total. The Labute approximate surface area is 246 Å². The SMILES string of the molecule is C=Cc1c(C=C)c(-c2ccc(-n3c(-c4ccccc4)nc4ccccc43)cc2)c2ccccc2c1-c1ccc(C)cc1. The molecule has 0 fully saturated rings. The number of aromatic nitrogens is 2. The van der Waals surface area contributed by atoms with Crippen LogP contribution >= 0.6 is 0 Å². The molecule has 0 amide bonds. The average molecular weight is 539 g/mol. The van der Waals surface area contributed by atoms with E-state index in [4.69, 9.17) is 4.98 Å². The molecular weight excluding hydrogens is 508 g/mol. The lowest BCUT2D eigenvalue weighted by molar-refractivity contribution is 1.10. The Morgan fingerprint density at radius 1 is 0.548 bits per heavy atom. The monoisotopic (exact) mass is 538 g/mol. The van der Waals surface area contributed by atoms with Gasteiger partial charge in [-0.05, 0) is 75.3 Å². The van der Waals surface area contributed by atoms with Crippen molar-refractivity contribution in [2.24, 2.45) is 0 Å². The number of para-hydroxylation sites is 2. The molecule has 7 aromatic rings. The van der Waals surface area contributed by atoms with Crippen molar-refractivity contribution in [3.63, 3.8) is 0 Å². The molecule has 1 aromatic heterocycles. The molecule has 0 saturated heterocycles. The van der Waals surface area contributed by atoms with E-state index in [1.165, 1.54) is 27.5 Å². The number of aryl methyl sites for hydroxylation is 1. The molecular formula is C40H30N2. The predicted octanol–water partition coefficient (Wildman–Crippen LogP) is 10.8. The van der Waals surface area contributed by atoms with E-state index >= 15 is 0 Å². The summed E-state index contributed by atoms with van der Waals surface area (Å²) in [6.45, 7) is 10.6. The molecule has 0 aliphatic heterocycles. The second-order valence-electron chi connectivity index (χ2n) is 10.6. The van der Waals surface area contributed by atoms with Crippen molar-refractivity contribution in [3.8, 4) is 39.3 Å². The molecule has 200 valence electrons. The Hall–Kier alpha value is -5.47. The molecule has 0 radical (unpaired) electrons. The number of benzene rings is 6. The first-order valence-corrected chi connectivity index (χ1v) is 14.2. The Kier molecular flexibility index (Phi) is 6.37. The highest BCUT2D eigenvalue weighted by atomic mass is 15.1. The van der Waals surface area contributed by atoms with Crippen LogP contribution in [0.3, 0.4) is 0 Å². The summed E-state index contributed by atoms with van der Waals surface area (Å²) in [7, 11) is 0. The van der Waals surface area contributed by atoms with Crippen molar-refractivity contribution in [1.82, 2.24) is 9.55 Å². The van der Waals surface area contributed by atoms with E-state index in [1.54, 1.807) is 0 Å². The third-order valence-electron chi connectivity index (χ3n) is 8.05. The first kappa shape index (κ1) is 25.5. The number of imidazole rings is 1. The fourth-order valence-corrected chi connectivity index (χ4v) is 6.09. The van der Waals surface area contributed by atoms with Gasteiger partial charge in [-0.3, -0.25) is 4.57 Å². The van der Waals surface area contributed by atoms with Crippen LogP contribution in [0.5, 0.6) is 0 Å². The van der Waals surface area contributed by atoms with Crippen LogP contribution in [-0.2, 0) is 0 Å². The van der Waals surface area contributed by atoms with Crippen LogP contribution in [0.1, 0.15) is 16.7 Å². The molecule has 2 heteroatoms. The molecule has 7 rings (SSSR count). The van der Waals surface area contributed by atoms with Gasteiger partial charge in [0, 0.05) is 11.3 Å². The summed E-state index contributed by atoms with van der Waals surface area (Å²) < 4.78 is 2.25. The fourth-order valence-electron chi connectivity index (χ4n) is 6.09. The van der Waals surface area contributed by atoms with Gasteiger partial charge in [-0.15, -0.1) is 0 Å². The van der Waals surface area contributed by atoms with Gasteiger partial charge in [-0.2, -0.15) is 0 Å². The number of fused-ring (bicyclic) bond motifs is 2. The molecule has 0 aliphatic rings. The highest BCUT2D eigenvalue weighted by molar-refractivity contribution is 6.11. The van der Waals surface area contributed by atoms with Crippen molar-refractivity contribution < 1.29 is 0 Å². The first-order chi connectivity index (χ1) is 20.7. The second kappa shape index (κ2) is 10.5. The van der Waals surface area contributed by atoms with Gasteiger partial charge in [0.2, 0.25) is 0 Å². The smallest absolute Gasteiger partial charge is 0.145 e. The van der Waals surface area contributed by atoms with Gasteiger partial charge in [-0.25, -0.2) is 4.98 Å². The molecule has 0 aliphatic carbocycles. The Balaban J connectivity index is 1.44. The van der Waals surface area contributed by atoms with Gasteiger partial charge in [0.05, 0.1) is 11.0 Å². The summed E-state index contributed by atoms with van der Waals surface area (Å²) in [6, 6.07) is 44.9. The van der Waals surface area contributed by atoms with E-state index in [0.717, 1.165) is 50.4 Å². The van der Waals surface area contributed by atoms with Gasteiger partial charge in [0.15, 0.2) is 0 Å². The summed E-state index contributed by atoms with van der Waals surface area (Å²) in [4.78, 5) is 5.01. The fraction of sp³-hybridized carbons (Fsp3) is 0.0250. The Bertz CT molecular complexity index is 2100. The predicted molar refractivity (Wildman–Crippen MR) is 180 cm³/mol. The van der Waals surface area contributed by atoms with Crippen LogP contribution < -0.4 is 0 Å². The lowest BCUT2D eigenvalue weighted by Gasteiger charge is -2.20. The Morgan fingerprint density at radius 2 is 1.07 bits per heavy atom. The minimum Gasteiger partial charge on any atom is -0.292 e. The third kappa shape index (κ3) is 4.17.